The third kappa shape index (κ3) is 9.90. The number of ether oxygens (including phenoxy) is 5. The Balaban J connectivity index is 1.27. The van der Waals surface area contributed by atoms with Crippen LogP contribution in [0.3, 0.4) is 0 Å². The Hall–Kier alpha value is -2.44. The van der Waals surface area contributed by atoms with Crippen molar-refractivity contribution in [2.24, 2.45) is 0 Å². The Bertz CT molecular complexity index is 814. The van der Waals surface area contributed by atoms with Crippen LogP contribution >= 0.6 is 0 Å². The minimum atomic E-state index is -0.630. The van der Waals surface area contributed by atoms with Gasteiger partial charge in [0, 0.05) is 32.6 Å². The second-order valence-electron chi connectivity index (χ2n) is 9.25. The van der Waals surface area contributed by atoms with Gasteiger partial charge in [0.05, 0.1) is 32.5 Å². The summed E-state index contributed by atoms with van der Waals surface area (Å²) in [6, 6.07) is 7.11. The molecular weight excluding hydrogens is 470 g/mol. The second-order valence-corrected chi connectivity index (χ2v) is 9.25. The summed E-state index contributed by atoms with van der Waals surface area (Å²) in [5.74, 6) is -0.237. The first kappa shape index (κ1) is 28.1. The van der Waals surface area contributed by atoms with E-state index >= 15 is 0 Å². The van der Waals surface area contributed by atoms with Crippen molar-refractivity contribution in [2.75, 3.05) is 65.8 Å². The maximum absolute atomic E-state index is 12.1. The number of hydrogen-bond acceptors (Lipinski definition) is 9. The number of amides is 2. The quantitative estimate of drug-likeness (QED) is 0.260. The first-order chi connectivity index (χ1) is 17.3. The van der Waals surface area contributed by atoms with Gasteiger partial charge in [-0.2, -0.15) is 0 Å². The fourth-order valence-corrected chi connectivity index (χ4v) is 3.80. The van der Waals surface area contributed by atoms with E-state index in [0.717, 1.165) is 5.56 Å². The van der Waals surface area contributed by atoms with Crippen LogP contribution in [-0.2, 0) is 30.2 Å². The molecule has 0 spiro atoms. The summed E-state index contributed by atoms with van der Waals surface area (Å²) < 4.78 is 27.4. The Morgan fingerprint density at radius 2 is 1.94 bits per heavy atom. The summed E-state index contributed by atoms with van der Waals surface area (Å²) in [7, 11) is 0. The van der Waals surface area contributed by atoms with Crippen molar-refractivity contribution in [3.05, 3.63) is 29.8 Å². The van der Waals surface area contributed by atoms with Crippen molar-refractivity contribution in [1.82, 2.24) is 15.5 Å². The highest BCUT2D eigenvalue weighted by Crippen LogP contribution is 2.22. The number of nitrogens with one attached hydrogen (secondary N) is 2. The van der Waals surface area contributed by atoms with Gasteiger partial charge in [-0.3, -0.25) is 4.79 Å². The number of nitrogens with zero attached hydrogens (tertiary/aromatic N) is 1. The summed E-state index contributed by atoms with van der Waals surface area (Å²) in [5, 5.41) is 15.6. The molecule has 2 fully saturated rings. The van der Waals surface area contributed by atoms with E-state index in [-0.39, 0.29) is 50.4 Å². The molecule has 1 aromatic carbocycles. The molecule has 0 saturated carbocycles. The highest BCUT2D eigenvalue weighted by Gasteiger charge is 2.33. The minimum Gasteiger partial charge on any atom is -0.492 e. The highest BCUT2D eigenvalue weighted by molar-refractivity contribution is 5.74. The average molecular weight is 510 g/mol. The number of hydrogen-bond donors (Lipinski definition) is 3. The normalized spacial score (nSPS) is 20.1. The van der Waals surface area contributed by atoms with E-state index in [0.29, 0.717) is 58.2 Å². The molecule has 2 aliphatic rings. The summed E-state index contributed by atoms with van der Waals surface area (Å²) in [6.45, 7) is 7.74. The first-order valence-corrected chi connectivity index (χ1v) is 12.5. The van der Waals surface area contributed by atoms with Crippen molar-refractivity contribution < 1.29 is 38.4 Å². The van der Waals surface area contributed by atoms with Gasteiger partial charge >= 0.3 is 12.0 Å². The zero-order valence-electron chi connectivity index (χ0n) is 21.2. The maximum atomic E-state index is 12.1. The van der Waals surface area contributed by atoms with Crippen molar-refractivity contribution >= 4 is 12.0 Å². The van der Waals surface area contributed by atoms with Crippen LogP contribution in [0.2, 0.25) is 0 Å². The Kier molecular flexibility index (Phi) is 11.2. The van der Waals surface area contributed by atoms with Crippen molar-refractivity contribution in [2.45, 2.75) is 44.6 Å². The van der Waals surface area contributed by atoms with E-state index < -0.39 is 5.79 Å². The van der Waals surface area contributed by atoms with Gasteiger partial charge in [-0.25, -0.2) is 4.79 Å². The van der Waals surface area contributed by atoms with Crippen LogP contribution in [0.5, 0.6) is 5.75 Å². The second kappa shape index (κ2) is 14.3. The lowest BCUT2D eigenvalue weighted by molar-refractivity contribution is -0.158. The Morgan fingerprint density at radius 3 is 2.61 bits per heavy atom. The molecule has 2 saturated heterocycles. The largest absolute Gasteiger partial charge is 0.492 e. The summed E-state index contributed by atoms with van der Waals surface area (Å²) in [5.41, 5.74) is 0.994. The van der Waals surface area contributed by atoms with Crippen LogP contribution in [0.1, 0.15) is 25.8 Å². The maximum Gasteiger partial charge on any atom is 0.317 e. The molecule has 2 amide bonds. The van der Waals surface area contributed by atoms with Crippen LogP contribution in [-0.4, -0.2) is 106 Å². The zero-order valence-corrected chi connectivity index (χ0v) is 21.2. The number of morpholine rings is 1. The third-order valence-electron chi connectivity index (χ3n) is 5.84. The molecule has 0 bridgehead atoms. The molecule has 2 unspecified atom stereocenters. The van der Waals surface area contributed by atoms with Gasteiger partial charge in [0.1, 0.15) is 25.1 Å². The number of aliphatic hydroxyl groups is 1. The van der Waals surface area contributed by atoms with Crippen molar-refractivity contribution in [3.8, 4) is 5.75 Å². The highest BCUT2D eigenvalue weighted by atomic mass is 16.7. The standard InChI is InChI=1S/C25H39N3O8/c1-25(2)35-18-22(36-25)17-34-23(30)8-5-19-3-6-21(7-4-19)33-16-20(15-29)26-9-10-27-24(31)28-11-13-32-14-12-28/h3-4,6-7,20,22,26,29H,5,8-18H2,1-2H3,(H,27,31). The monoisotopic (exact) mass is 509 g/mol. The van der Waals surface area contributed by atoms with E-state index in [2.05, 4.69) is 10.6 Å². The minimum absolute atomic E-state index is 0.0902. The predicted octanol–water partition coefficient (Wildman–Crippen LogP) is 0.685. The smallest absolute Gasteiger partial charge is 0.317 e. The predicted molar refractivity (Wildman–Crippen MR) is 131 cm³/mol. The topological polar surface area (TPSA) is 128 Å². The van der Waals surface area contributed by atoms with Crippen LogP contribution in [0.4, 0.5) is 4.79 Å². The lowest BCUT2D eigenvalue weighted by atomic mass is 10.1. The number of carbonyl (C=O) groups excluding carboxylic acids is 2. The molecule has 36 heavy (non-hydrogen) atoms. The van der Waals surface area contributed by atoms with Gasteiger partial charge in [0.2, 0.25) is 0 Å². The molecule has 11 nitrogen and oxygen atoms in total. The van der Waals surface area contributed by atoms with Gasteiger partial charge in [0.25, 0.3) is 0 Å². The molecule has 3 N–H and O–H groups in total. The van der Waals surface area contributed by atoms with Crippen LogP contribution in [0.15, 0.2) is 24.3 Å². The molecule has 3 rings (SSSR count). The third-order valence-corrected chi connectivity index (χ3v) is 5.84. The number of benzene rings is 1. The SMILES string of the molecule is CC1(C)OCC(COC(=O)CCc2ccc(OCC(CO)NCCNC(=O)N3CCOCC3)cc2)O1. The Morgan fingerprint density at radius 1 is 1.19 bits per heavy atom. The molecule has 2 atom stereocenters. The molecule has 1 aromatic rings. The average Bonchev–Trinajstić information content (AvgIpc) is 3.25. The fraction of sp³-hybridized carbons (Fsp3) is 0.680. The van der Waals surface area contributed by atoms with E-state index in [4.69, 9.17) is 23.7 Å². The number of carbonyl (C=O) groups is 2. The number of rotatable bonds is 13. The van der Waals surface area contributed by atoms with Gasteiger partial charge in [-0.05, 0) is 38.0 Å². The number of aliphatic hydroxyl groups excluding tert-OH is 1. The number of aryl methyl sites for hydroxylation is 1. The summed E-state index contributed by atoms with van der Waals surface area (Å²) in [6.07, 6.45) is 0.603. The van der Waals surface area contributed by atoms with Crippen molar-refractivity contribution in [3.63, 3.8) is 0 Å². The lowest BCUT2D eigenvalue weighted by Gasteiger charge is -2.27. The van der Waals surface area contributed by atoms with Crippen LogP contribution in [0.25, 0.3) is 0 Å². The van der Waals surface area contributed by atoms with Crippen LogP contribution in [0, 0.1) is 0 Å². The summed E-state index contributed by atoms with van der Waals surface area (Å²) >= 11 is 0. The molecule has 0 aliphatic carbocycles. The molecule has 11 heteroatoms. The Labute approximate surface area is 212 Å². The van der Waals surface area contributed by atoms with Gasteiger partial charge < -0.3 is 44.3 Å². The van der Waals surface area contributed by atoms with E-state index in [9.17, 15) is 14.7 Å². The summed E-state index contributed by atoms with van der Waals surface area (Å²) in [4.78, 5) is 25.8. The van der Waals surface area contributed by atoms with Crippen LogP contribution < -0.4 is 15.4 Å². The van der Waals surface area contributed by atoms with Gasteiger partial charge in [0.15, 0.2) is 5.79 Å². The van der Waals surface area contributed by atoms with E-state index in [1.54, 1.807) is 4.90 Å². The molecule has 0 aromatic heterocycles. The molecule has 2 heterocycles. The first-order valence-electron chi connectivity index (χ1n) is 12.5. The number of esters is 1. The van der Waals surface area contributed by atoms with Gasteiger partial charge in [-0.1, -0.05) is 12.1 Å². The molecular formula is C25H39N3O8. The fourth-order valence-electron chi connectivity index (χ4n) is 3.80. The van der Waals surface area contributed by atoms with Gasteiger partial charge in [-0.15, -0.1) is 0 Å². The molecule has 0 radical (unpaired) electrons. The molecule has 202 valence electrons. The lowest BCUT2D eigenvalue weighted by Crippen LogP contribution is -2.48. The van der Waals surface area contributed by atoms with E-state index in [1.807, 2.05) is 38.1 Å². The van der Waals surface area contributed by atoms with Crippen molar-refractivity contribution in [1.29, 1.82) is 0 Å². The molecule has 2 aliphatic heterocycles. The van der Waals surface area contributed by atoms with E-state index in [1.165, 1.54) is 0 Å². The zero-order chi connectivity index (χ0) is 25.8. The number of urea groups is 1.